The van der Waals surface area contributed by atoms with Crippen molar-refractivity contribution >= 4 is 12.2 Å². The van der Waals surface area contributed by atoms with Crippen LogP contribution >= 0.6 is 0 Å². The fourth-order valence-corrected chi connectivity index (χ4v) is 3.27. The predicted octanol–water partition coefficient (Wildman–Crippen LogP) is 4.38. The molecule has 1 rings (SSSR count). The Bertz CT molecular complexity index is 688. The zero-order chi connectivity index (χ0) is 25.7. The molecule has 0 atom stereocenters. The summed E-state index contributed by atoms with van der Waals surface area (Å²) >= 11 is 0. The summed E-state index contributed by atoms with van der Waals surface area (Å²) in [6.45, 7) is 10.2. The van der Waals surface area contributed by atoms with E-state index in [0.29, 0.717) is 51.5 Å². The van der Waals surface area contributed by atoms with E-state index in [2.05, 4.69) is 36.3 Å². The summed E-state index contributed by atoms with van der Waals surface area (Å²) in [5.74, 6) is 1.47. The molecule has 1 aromatic rings. The molecule has 2 N–H and O–H groups in total. The van der Waals surface area contributed by atoms with Gasteiger partial charge in [0.25, 0.3) is 0 Å². The molecule has 0 fully saturated rings. The third-order valence-electron chi connectivity index (χ3n) is 5.31. The van der Waals surface area contributed by atoms with Crippen LogP contribution in [0.1, 0.15) is 58.4 Å². The molecule has 0 saturated heterocycles. The molecule has 0 aliphatic rings. The van der Waals surface area contributed by atoms with Crippen LogP contribution in [0.5, 0.6) is 11.5 Å². The zero-order valence-corrected chi connectivity index (χ0v) is 22.0. The van der Waals surface area contributed by atoms with Gasteiger partial charge in [0.1, 0.15) is 13.2 Å². The highest BCUT2D eigenvalue weighted by molar-refractivity contribution is 5.67. The van der Waals surface area contributed by atoms with Crippen LogP contribution in [-0.2, 0) is 15.9 Å². The maximum Gasteiger partial charge on any atom is 0.407 e. The van der Waals surface area contributed by atoms with Gasteiger partial charge in [-0.05, 0) is 37.3 Å². The van der Waals surface area contributed by atoms with E-state index in [1.54, 1.807) is 7.11 Å². The van der Waals surface area contributed by atoms with Crippen LogP contribution in [0.4, 0.5) is 9.59 Å². The molecular formula is C26H45N3O6. The van der Waals surface area contributed by atoms with Crippen LogP contribution < -0.4 is 20.1 Å². The molecule has 0 aliphatic carbocycles. The van der Waals surface area contributed by atoms with Crippen molar-refractivity contribution in [2.45, 2.75) is 59.3 Å². The Kier molecular flexibility index (Phi) is 17.0. The highest BCUT2D eigenvalue weighted by Gasteiger charge is 2.14. The number of unbranched alkanes of at least 4 members (excludes halogenated alkanes) is 2. The zero-order valence-electron chi connectivity index (χ0n) is 22.0. The number of nitrogens with zero attached hydrogens (tertiary/aromatic N) is 1. The highest BCUT2D eigenvalue weighted by atomic mass is 16.6. The van der Waals surface area contributed by atoms with Crippen LogP contribution in [0.3, 0.4) is 0 Å². The largest absolute Gasteiger partial charge is 0.493 e. The molecule has 0 aliphatic heterocycles. The summed E-state index contributed by atoms with van der Waals surface area (Å²) < 4.78 is 22.1. The van der Waals surface area contributed by atoms with E-state index in [0.717, 1.165) is 43.4 Å². The molecule has 0 bridgehead atoms. The van der Waals surface area contributed by atoms with Gasteiger partial charge in [0, 0.05) is 32.7 Å². The van der Waals surface area contributed by atoms with Crippen molar-refractivity contribution in [3.05, 3.63) is 23.8 Å². The lowest BCUT2D eigenvalue weighted by Gasteiger charge is -2.23. The first kappa shape index (κ1) is 30.4. The average Bonchev–Trinajstić information content (AvgIpc) is 2.86. The van der Waals surface area contributed by atoms with E-state index >= 15 is 0 Å². The quantitative estimate of drug-likeness (QED) is 0.275. The lowest BCUT2D eigenvalue weighted by molar-refractivity contribution is 0.107. The van der Waals surface area contributed by atoms with E-state index in [1.165, 1.54) is 0 Å². The van der Waals surface area contributed by atoms with Crippen LogP contribution in [0.25, 0.3) is 0 Å². The molecule has 0 aromatic heterocycles. The number of carbonyl (C=O) groups is 2. The van der Waals surface area contributed by atoms with Crippen molar-refractivity contribution in [2.24, 2.45) is 0 Å². The molecule has 2 amide bonds. The minimum Gasteiger partial charge on any atom is -0.493 e. The number of alkyl carbamates (subject to hydrolysis) is 2. The van der Waals surface area contributed by atoms with E-state index in [9.17, 15) is 9.59 Å². The standard InChI is InChI=1S/C26H45N3O6/c1-5-8-14-27-25(30)34-20-17-29(18-21-35-26(31)28-15-9-6-2)16-13-22-11-10-12-23(32-4)24(22)33-19-7-3/h10-12H,5-9,13-21H2,1-4H3,(H,27,30)(H,28,31). The number of para-hydroxylation sites is 1. The van der Waals surface area contributed by atoms with Gasteiger partial charge < -0.3 is 29.6 Å². The second-order valence-electron chi connectivity index (χ2n) is 8.22. The minimum atomic E-state index is -0.409. The smallest absolute Gasteiger partial charge is 0.407 e. The molecule has 35 heavy (non-hydrogen) atoms. The van der Waals surface area contributed by atoms with Gasteiger partial charge in [0.05, 0.1) is 13.7 Å². The summed E-state index contributed by atoms with van der Waals surface area (Å²) in [6, 6.07) is 5.87. The summed E-state index contributed by atoms with van der Waals surface area (Å²) in [5.41, 5.74) is 1.04. The fourth-order valence-electron chi connectivity index (χ4n) is 3.27. The summed E-state index contributed by atoms with van der Waals surface area (Å²) in [5, 5.41) is 5.50. The Balaban J connectivity index is 2.67. The van der Waals surface area contributed by atoms with Gasteiger partial charge in [0.2, 0.25) is 0 Å². The van der Waals surface area contributed by atoms with Crippen LogP contribution in [0, 0.1) is 0 Å². The number of ether oxygens (including phenoxy) is 4. The van der Waals surface area contributed by atoms with Gasteiger partial charge in [0.15, 0.2) is 11.5 Å². The number of carbonyl (C=O) groups excluding carboxylic acids is 2. The predicted molar refractivity (Wildman–Crippen MR) is 137 cm³/mol. The first-order valence-corrected chi connectivity index (χ1v) is 12.9. The van der Waals surface area contributed by atoms with Gasteiger partial charge in [-0.1, -0.05) is 45.7 Å². The lowest BCUT2D eigenvalue weighted by Crippen LogP contribution is -2.36. The van der Waals surface area contributed by atoms with E-state index in [-0.39, 0.29) is 13.2 Å². The van der Waals surface area contributed by atoms with Gasteiger partial charge in [-0.25, -0.2) is 9.59 Å². The molecule has 1 aromatic carbocycles. The first-order chi connectivity index (χ1) is 17.0. The third kappa shape index (κ3) is 13.7. The highest BCUT2D eigenvalue weighted by Crippen LogP contribution is 2.31. The molecule has 0 unspecified atom stereocenters. The molecule has 0 heterocycles. The van der Waals surface area contributed by atoms with E-state index in [4.69, 9.17) is 18.9 Å². The summed E-state index contributed by atoms with van der Waals surface area (Å²) in [7, 11) is 1.63. The van der Waals surface area contributed by atoms with Crippen molar-refractivity contribution in [3.8, 4) is 11.5 Å². The number of hydrogen-bond acceptors (Lipinski definition) is 7. The summed E-state index contributed by atoms with van der Waals surface area (Å²) in [6.07, 6.45) is 4.65. The maximum absolute atomic E-state index is 11.9. The molecule has 0 saturated carbocycles. The monoisotopic (exact) mass is 495 g/mol. The van der Waals surface area contributed by atoms with Crippen molar-refractivity contribution in [2.75, 3.05) is 59.7 Å². The molecule has 0 radical (unpaired) electrons. The van der Waals surface area contributed by atoms with Crippen molar-refractivity contribution < 1.29 is 28.5 Å². The van der Waals surface area contributed by atoms with Gasteiger partial charge in [-0.15, -0.1) is 0 Å². The van der Waals surface area contributed by atoms with E-state index in [1.807, 2.05) is 18.2 Å². The Labute approximate surface area is 210 Å². The summed E-state index contributed by atoms with van der Waals surface area (Å²) in [4.78, 5) is 25.8. The van der Waals surface area contributed by atoms with Crippen molar-refractivity contribution in [1.82, 2.24) is 15.5 Å². The number of methoxy groups -OCH3 is 1. The Morgan fingerprint density at radius 3 is 1.94 bits per heavy atom. The average molecular weight is 496 g/mol. The van der Waals surface area contributed by atoms with E-state index < -0.39 is 12.2 Å². The second-order valence-corrected chi connectivity index (χ2v) is 8.22. The molecule has 9 nitrogen and oxygen atoms in total. The number of hydrogen-bond donors (Lipinski definition) is 2. The number of benzene rings is 1. The van der Waals surface area contributed by atoms with Crippen molar-refractivity contribution in [3.63, 3.8) is 0 Å². The second kappa shape index (κ2) is 19.6. The number of nitrogens with one attached hydrogen (secondary N) is 2. The molecular weight excluding hydrogens is 450 g/mol. The van der Waals surface area contributed by atoms with Crippen LogP contribution in [-0.4, -0.2) is 76.7 Å². The Hall–Kier alpha value is -2.68. The topological polar surface area (TPSA) is 98.4 Å². The normalized spacial score (nSPS) is 10.7. The van der Waals surface area contributed by atoms with Crippen LogP contribution in [0.2, 0.25) is 0 Å². The molecule has 9 heteroatoms. The SMILES string of the molecule is CCCCNC(=O)OCCN(CCOC(=O)NCCCC)CCc1cccc(OC)c1OCCC. The molecule has 200 valence electrons. The third-order valence-corrected chi connectivity index (χ3v) is 5.31. The Morgan fingerprint density at radius 2 is 1.43 bits per heavy atom. The van der Waals surface area contributed by atoms with Gasteiger partial charge >= 0.3 is 12.2 Å². The lowest BCUT2D eigenvalue weighted by atomic mass is 10.1. The van der Waals surface area contributed by atoms with Crippen LogP contribution in [0.15, 0.2) is 18.2 Å². The maximum atomic E-state index is 11.9. The fraction of sp³-hybridized carbons (Fsp3) is 0.692. The van der Waals surface area contributed by atoms with Gasteiger partial charge in [-0.2, -0.15) is 0 Å². The first-order valence-electron chi connectivity index (χ1n) is 12.9. The minimum absolute atomic E-state index is 0.248. The Morgan fingerprint density at radius 1 is 0.829 bits per heavy atom. The molecule has 0 spiro atoms. The number of amides is 2. The van der Waals surface area contributed by atoms with Gasteiger partial charge in [-0.3, -0.25) is 4.90 Å². The number of rotatable bonds is 19. The van der Waals surface area contributed by atoms with Crippen molar-refractivity contribution in [1.29, 1.82) is 0 Å².